The number of anilines is 1. The van der Waals surface area contributed by atoms with Gasteiger partial charge < -0.3 is 26.0 Å². The third kappa shape index (κ3) is 2.82. The number of carbonyl (C=O) groups is 3. The van der Waals surface area contributed by atoms with Gasteiger partial charge in [0.15, 0.2) is 0 Å². The number of nitrogens with one attached hydrogen (secondary N) is 1. The maximum atomic E-state index is 12.4. The standard InChI is InChI=1S/C17H20N2O6/c1-25-10-5-3-2-4-9(10)19-11(20)6-8-7-17(18,16(23)24)14-12(8)13(14)15(21)22/h2-5,8,12-14H,6-7,18H2,1H3,(H,19,20)(H,21,22)(H,23,24)/t8-,12-,13-,14-,17-/m0/s1. The minimum absolute atomic E-state index is 0.0230. The number of carboxylic acids is 2. The van der Waals surface area contributed by atoms with Crippen molar-refractivity contribution in [3.05, 3.63) is 24.3 Å². The Hall–Kier alpha value is -2.61. The number of fused-ring (bicyclic) bond motifs is 1. The smallest absolute Gasteiger partial charge is 0.324 e. The number of rotatable bonds is 6. The Bertz CT molecular complexity index is 736. The second-order valence-corrected chi connectivity index (χ2v) is 6.73. The normalized spacial score (nSPS) is 32.6. The number of nitrogens with two attached hydrogens (primary N) is 1. The Morgan fingerprint density at radius 3 is 2.60 bits per heavy atom. The molecule has 0 spiro atoms. The van der Waals surface area contributed by atoms with E-state index in [4.69, 9.17) is 10.5 Å². The molecule has 0 radical (unpaired) electrons. The molecule has 8 nitrogen and oxygen atoms in total. The molecule has 1 amide bonds. The van der Waals surface area contributed by atoms with Gasteiger partial charge in [-0.1, -0.05) is 12.1 Å². The van der Waals surface area contributed by atoms with Gasteiger partial charge in [-0.15, -0.1) is 0 Å². The lowest BCUT2D eigenvalue weighted by molar-refractivity contribution is -0.146. The molecule has 134 valence electrons. The highest BCUT2D eigenvalue weighted by Crippen LogP contribution is 2.65. The van der Waals surface area contributed by atoms with Crippen LogP contribution in [-0.4, -0.2) is 40.7 Å². The first-order valence-corrected chi connectivity index (χ1v) is 7.97. The molecule has 1 aromatic rings. The molecule has 0 aliphatic heterocycles. The number of hydrogen-bond donors (Lipinski definition) is 4. The molecular weight excluding hydrogens is 328 g/mol. The molecule has 25 heavy (non-hydrogen) atoms. The van der Waals surface area contributed by atoms with Crippen molar-refractivity contribution in [2.24, 2.45) is 29.4 Å². The molecule has 0 bridgehead atoms. The van der Waals surface area contributed by atoms with E-state index >= 15 is 0 Å². The van der Waals surface area contributed by atoms with Crippen LogP contribution in [0.1, 0.15) is 12.8 Å². The molecule has 2 aliphatic rings. The number of carbonyl (C=O) groups excluding carboxylic acids is 1. The maximum Gasteiger partial charge on any atom is 0.324 e. The van der Waals surface area contributed by atoms with Crippen LogP contribution >= 0.6 is 0 Å². The Balaban J connectivity index is 1.71. The summed E-state index contributed by atoms with van der Waals surface area (Å²) in [5, 5.41) is 21.4. The van der Waals surface area contributed by atoms with Crippen molar-refractivity contribution in [1.29, 1.82) is 0 Å². The van der Waals surface area contributed by atoms with Crippen LogP contribution in [-0.2, 0) is 14.4 Å². The Kier molecular flexibility index (Phi) is 4.16. The Labute approximate surface area is 144 Å². The molecular formula is C17H20N2O6. The lowest BCUT2D eigenvalue weighted by Gasteiger charge is -2.24. The van der Waals surface area contributed by atoms with E-state index in [0.717, 1.165) is 0 Å². The highest BCUT2D eigenvalue weighted by atomic mass is 16.5. The summed E-state index contributed by atoms with van der Waals surface area (Å²) in [5.41, 5.74) is 4.89. The first-order chi connectivity index (χ1) is 11.8. The number of methoxy groups -OCH3 is 1. The fourth-order valence-corrected chi connectivity index (χ4v) is 4.23. The summed E-state index contributed by atoms with van der Waals surface area (Å²) in [7, 11) is 1.49. The zero-order valence-electron chi connectivity index (χ0n) is 13.6. The molecule has 1 aromatic carbocycles. The van der Waals surface area contributed by atoms with E-state index in [1.807, 2.05) is 0 Å². The van der Waals surface area contributed by atoms with Gasteiger partial charge in [0, 0.05) is 12.3 Å². The van der Waals surface area contributed by atoms with Gasteiger partial charge in [0.1, 0.15) is 11.3 Å². The summed E-state index contributed by atoms with van der Waals surface area (Å²) >= 11 is 0. The van der Waals surface area contributed by atoms with Crippen molar-refractivity contribution in [3.63, 3.8) is 0 Å². The minimum Gasteiger partial charge on any atom is -0.495 e. The second-order valence-electron chi connectivity index (χ2n) is 6.73. The molecule has 2 fully saturated rings. The lowest BCUT2D eigenvalue weighted by atomic mass is 9.86. The fourth-order valence-electron chi connectivity index (χ4n) is 4.23. The summed E-state index contributed by atoms with van der Waals surface area (Å²) in [6.45, 7) is 0. The Morgan fingerprint density at radius 1 is 1.32 bits per heavy atom. The summed E-state index contributed by atoms with van der Waals surface area (Å²) < 4.78 is 5.17. The summed E-state index contributed by atoms with van der Waals surface area (Å²) in [6, 6.07) is 6.92. The van der Waals surface area contributed by atoms with Gasteiger partial charge >= 0.3 is 11.9 Å². The van der Waals surface area contributed by atoms with Crippen LogP contribution in [0.15, 0.2) is 24.3 Å². The fraction of sp³-hybridized carbons (Fsp3) is 0.471. The monoisotopic (exact) mass is 348 g/mol. The van der Waals surface area contributed by atoms with Crippen LogP contribution < -0.4 is 15.8 Å². The molecule has 3 rings (SSSR count). The zero-order chi connectivity index (χ0) is 18.4. The van der Waals surface area contributed by atoms with Crippen molar-refractivity contribution in [2.45, 2.75) is 18.4 Å². The van der Waals surface area contributed by atoms with Gasteiger partial charge in [0.25, 0.3) is 0 Å². The van der Waals surface area contributed by atoms with Gasteiger partial charge in [0.05, 0.1) is 18.7 Å². The number of ether oxygens (including phenoxy) is 1. The van der Waals surface area contributed by atoms with Crippen LogP contribution in [0.3, 0.4) is 0 Å². The quantitative estimate of drug-likeness (QED) is 0.595. The molecule has 0 saturated heterocycles. The topological polar surface area (TPSA) is 139 Å². The van der Waals surface area contributed by atoms with Crippen molar-refractivity contribution >= 4 is 23.5 Å². The molecule has 5 atom stereocenters. The van der Waals surface area contributed by atoms with Crippen molar-refractivity contribution in [1.82, 2.24) is 0 Å². The summed E-state index contributed by atoms with van der Waals surface area (Å²) in [5.74, 6) is -4.23. The molecule has 8 heteroatoms. The van der Waals surface area contributed by atoms with Gasteiger partial charge in [-0.25, -0.2) is 0 Å². The number of benzene rings is 1. The van der Waals surface area contributed by atoms with Crippen LogP contribution in [0.5, 0.6) is 5.75 Å². The largest absolute Gasteiger partial charge is 0.495 e. The highest BCUT2D eigenvalue weighted by Gasteiger charge is 2.73. The number of hydrogen-bond acceptors (Lipinski definition) is 5. The van der Waals surface area contributed by atoms with Crippen molar-refractivity contribution < 1.29 is 29.3 Å². The van der Waals surface area contributed by atoms with Crippen molar-refractivity contribution in [2.75, 3.05) is 12.4 Å². The molecule has 0 aromatic heterocycles. The maximum absolute atomic E-state index is 12.4. The summed E-state index contributed by atoms with van der Waals surface area (Å²) in [6.07, 6.45) is 0.121. The number of aliphatic carboxylic acids is 2. The predicted molar refractivity (Wildman–Crippen MR) is 87.0 cm³/mol. The van der Waals surface area contributed by atoms with Crippen LogP contribution in [0.2, 0.25) is 0 Å². The van der Waals surface area contributed by atoms with Crippen LogP contribution in [0, 0.1) is 23.7 Å². The van der Waals surface area contributed by atoms with Gasteiger partial charge in [-0.2, -0.15) is 0 Å². The van der Waals surface area contributed by atoms with E-state index in [-0.39, 0.29) is 30.6 Å². The van der Waals surface area contributed by atoms with Crippen LogP contribution in [0.4, 0.5) is 5.69 Å². The molecule has 0 unspecified atom stereocenters. The first kappa shape index (κ1) is 17.2. The van der Waals surface area contributed by atoms with E-state index in [1.54, 1.807) is 24.3 Å². The average molecular weight is 348 g/mol. The summed E-state index contributed by atoms with van der Waals surface area (Å²) in [4.78, 5) is 35.2. The van der Waals surface area contributed by atoms with Gasteiger partial charge in [-0.3, -0.25) is 14.4 Å². The zero-order valence-corrected chi connectivity index (χ0v) is 13.6. The van der Waals surface area contributed by atoms with Crippen LogP contribution in [0.25, 0.3) is 0 Å². The van der Waals surface area contributed by atoms with Gasteiger partial charge in [0.2, 0.25) is 5.91 Å². The number of carboxylic acid groups (broad SMARTS) is 2. The van der Waals surface area contributed by atoms with E-state index in [0.29, 0.717) is 11.4 Å². The molecule has 0 heterocycles. The van der Waals surface area contributed by atoms with Crippen molar-refractivity contribution in [3.8, 4) is 5.75 Å². The molecule has 2 aliphatic carbocycles. The first-order valence-electron chi connectivity index (χ1n) is 7.97. The average Bonchev–Trinajstić information content (AvgIpc) is 3.24. The lowest BCUT2D eigenvalue weighted by Crippen LogP contribution is -2.50. The van der Waals surface area contributed by atoms with E-state index in [2.05, 4.69) is 5.32 Å². The van der Waals surface area contributed by atoms with E-state index in [1.165, 1.54) is 7.11 Å². The predicted octanol–water partition coefficient (Wildman–Crippen LogP) is 0.773. The third-order valence-electron chi connectivity index (χ3n) is 5.33. The van der Waals surface area contributed by atoms with E-state index in [9.17, 15) is 24.6 Å². The SMILES string of the molecule is COc1ccccc1NC(=O)C[C@H]1C[C@@](N)(C(=O)O)[C@@H]2[C@@H](C(=O)O)[C@H]12. The highest BCUT2D eigenvalue weighted by molar-refractivity contribution is 5.93. The number of para-hydroxylation sites is 2. The Morgan fingerprint density at radius 2 is 2.00 bits per heavy atom. The molecule has 5 N–H and O–H groups in total. The minimum atomic E-state index is -1.58. The molecule has 2 saturated carbocycles. The third-order valence-corrected chi connectivity index (χ3v) is 5.33. The van der Waals surface area contributed by atoms with Gasteiger partial charge in [-0.05, 0) is 30.4 Å². The second kappa shape index (κ2) is 6.03. The number of amides is 1. The van der Waals surface area contributed by atoms with E-state index < -0.39 is 29.3 Å².